The molecule has 0 amide bonds. The van der Waals surface area contributed by atoms with Gasteiger partial charge in [-0.15, -0.1) is 0 Å². The van der Waals surface area contributed by atoms with Gasteiger partial charge < -0.3 is 24.8 Å². The van der Waals surface area contributed by atoms with E-state index in [1.807, 2.05) is 0 Å². The van der Waals surface area contributed by atoms with E-state index < -0.39 is 26.8 Å². The van der Waals surface area contributed by atoms with Gasteiger partial charge in [0.25, 0.3) is 0 Å². The molecule has 0 radical (unpaired) electrons. The van der Waals surface area contributed by atoms with E-state index in [0.717, 1.165) is 7.25 Å². The molecule has 0 spiro atoms. The number of halogens is 2. The summed E-state index contributed by atoms with van der Waals surface area (Å²) in [4.78, 5) is 0. The third-order valence-corrected chi connectivity index (χ3v) is 30.0. The number of aryl methyl sites for hydroxylation is 2. The smallest absolute Gasteiger partial charge is 1.00 e. The van der Waals surface area contributed by atoms with Crippen molar-refractivity contribution >= 4 is 28.3 Å². The molecule has 4 heteroatoms. The molecule has 0 bridgehead atoms. The molecule has 3 aromatic rings. The van der Waals surface area contributed by atoms with Crippen molar-refractivity contribution in [1.82, 2.24) is 0 Å². The molecule has 0 aromatic heterocycles. The van der Waals surface area contributed by atoms with Crippen LogP contribution in [0.3, 0.4) is 0 Å². The minimum atomic E-state index is -1.88. The molecule has 0 saturated carbocycles. The molecule has 36 heavy (non-hydrogen) atoms. The van der Waals surface area contributed by atoms with Gasteiger partial charge in [0.1, 0.15) is 0 Å². The fraction of sp³-hybridized carbons (Fsp3) is 0.375. The van der Waals surface area contributed by atoms with E-state index in [4.69, 9.17) is 0 Å². The summed E-state index contributed by atoms with van der Waals surface area (Å²) in [5.41, 5.74) is 11.6. The average Bonchev–Trinajstić information content (AvgIpc) is 3.55. The fourth-order valence-electron chi connectivity index (χ4n) is 7.07. The maximum atomic E-state index is 2.83. The van der Waals surface area contributed by atoms with Crippen LogP contribution in [-0.4, -0.2) is 5.92 Å². The van der Waals surface area contributed by atoms with E-state index in [9.17, 15) is 0 Å². The van der Waals surface area contributed by atoms with Crippen LogP contribution in [-0.2, 0) is 33.8 Å². The van der Waals surface area contributed by atoms with Gasteiger partial charge in [0.15, 0.2) is 0 Å². The quantitative estimate of drug-likeness (QED) is 0.376. The summed E-state index contributed by atoms with van der Waals surface area (Å²) in [5.74, 6) is -0.0844. The van der Waals surface area contributed by atoms with Crippen molar-refractivity contribution in [3.63, 3.8) is 0 Å². The molecule has 3 aliphatic carbocycles. The Hall–Kier alpha value is -0.920. The fourth-order valence-corrected chi connectivity index (χ4v) is 28.1. The first-order valence-electron chi connectivity index (χ1n) is 13.5. The molecule has 0 nitrogen and oxygen atoms in total. The second-order valence-corrected chi connectivity index (χ2v) is 31.4. The van der Waals surface area contributed by atoms with Crippen LogP contribution in [0.15, 0.2) is 60.7 Å². The molecular weight excluding hydrogens is 575 g/mol. The van der Waals surface area contributed by atoms with Gasteiger partial charge in [-0.25, -0.2) is 0 Å². The molecule has 0 N–H and O–H groups in total. The first kappa shape index (κ1) is 28.1. The van der Waals surface area contributed by atoms with Crippen molar-refractivity contribution in [2.24, 2.45) is 5.92 Å². The van der Waals surface area contributed by atoms with Crippen LogP contribution in [0.2, 0.25) is 13.1 Å². The molecular formula is C32H37Cl2SiZr. The van der Waals surface area contributed by atoms with Crippen LogP contribution in [0.5, 0.6) is 0 Å². The van der Waals surface area contributed by atoms with Gasteiger partial charge in [0.2, 0.25) is 0 Å². The van der Waals surface area contributed by atoms with Crippen LogP contribution >= 0.6 is 0 Å². The molecule has 187 valence electrons. The predicted octanol–water partition coefficient (Wildman–Crippen LogP) is 2.58. The Morgan fingerprint density at radius 1 is 0.944 bits per heavy atom. The van der Waals surface area contributed by atoms with Crippen molar-refractivity contribution in [2.45, 2.75) is 66.3 Å². The number of benzene rings is 3. The summed E-state index contributed by atoms with van der Waals surface area (Å²) in [7, 11) is 0. The first-order chi connectivity index (χ1) is 16.6. The predicted molar refractivity (Wildman–Crippen MR) is 148 cm³/mol. The van der Waals surface area contributed by atoms with Gasteiger partial charge in [-0.05, 0) is 0 Å². The summed E-state index contributed by atoms with van der Waals surface area (Å²) in [6.45, 7) is 10.2. The SMILES string of the molecule is CCCC(C)C1=C[CH]([Zr+2]([CH]2C=Cc3c2ccc2ccccc32)[SiH](C)C)c2cc3c(cc21)CCC3.[Cl-].[Cl-]. The molecule has 0 heterocycles. The molecule has 0 saturated heterocycles. The Kier molecular flexibility index (Phi) is 8.93. The van der Waals surface area contributed by atoms with Crippen molar-refractivity contribution in [2.75, 3.05) is 0 Å². The van der Waals surface area contributed by atoms with E-state index in [1.54, 1.807) is 33.4 Å². The Balaban J connectivity index is 0.00000152. The average molecular weight is 612 g/mol. The van der Waals surface area contributed by atoms with Crippen molar-refractivity contribution in [3.05, 3.63) is 94.1 Å². The largest absolute Gasteiger partial charge is 1.00 e. The van der Waals surface area contributed by atoms with Gasteiger partial charge in [-0.2, -0.15) is 0 Å². The van der Waals surface area contributed by atoms with E-state index in [1.165, 1.54) is 48.4 Å². The summed E-state index contributed by atoms with van der Waals surface area (Å²) in [6.07, 6.45) is 14.5. The molecule has 6 rings (SSSR count). The van der Waals surface area contributed by atoms with Gasteiger partial charge in [-0.1, -0.05) is 0 Å². The van der Waals surface area contributed by atoms with Crippen LogP contribution in [0.4, 0.5) is 0 Å². The number of hydrogen-bond acceptors (Lipinski definition) is 0. The van der Waals surface area contributed by atoms with Crippen LogP contribution < -0.4 is 24.8 Å². The topological polar surface area (TPSA) is 0 Å². The summed E-state index contributed by atoms with van der Waals surface area (Å²) in [6, 6.07) is 19.2. The third kappa shape index (κ3) is 4.70. The zero-order valence-electron chi connectivity index (χ0n) is 22.0. The monoisotopic (exact) mass is 609 g/mol. The van der Waals surface area contributed by atoms with Crippen molar-refractivity contribution in [1.29, 1.82) is 0 Å². The standard InChI is InChI=1S/C17H21.C13H9.C2H7Si.2ClH.Zr/c1-3-5-12(2)16-9-8-15-10-13-6-4-7-14(13)11-17(15)16;1-2-6-12-10(4-1)8-9-11-5-3-7-13(11)12;1-3-2;;;/h8-12H,3-7H2,1-2H3;1-9H;3H,1-2H3;2*1H;/q;;;;;+2/p-2. The molecule has 3 atom stereocenters. The Bertz CT molecular complexity index is 1330. The van der Waals surface area contributed by atoms with Gasteiger partial charge in [-0.3, -0.25) is 0 Å². The molecule has 3 unspecified atom stereocenters. The first-order valence-corrected chi connectivity index (χ1v) is 23.5. The second kappa shape index (κ2) is 11.4. The van der Waals surface area contributed by atoms with Crippen molar-refractivity contribution in [3.8, 4) is 0 Å². The number of rotatable bonds is 6. The zero-order valence-corrected chi connectivity index (χ0v) is 27.1. The number of fused-ring (bicyclic) bond motifs is 5. The number of hydrogen-bond donors (Lipinski definition) is 0. The minimum Gasteiger partial charge on any atom is -1.00 e. The maximum absolute atomic E-state index is 2.83. The van der Waals surface area contributed by atoms with Crippen LogP contribution in [0.1, 0.15) is 73.7 Å². The van der Waals surface area contributed by atoms with E-state index in [0.29, 0.717) is 5.92 Å². The molecule has 0 aliphatic heterocycles. The van der Waals surface area contributed by atoms with Gasteiger partial charge in [0, 0.05) is 0 Å². The van der Waals surface area contributed by atoms with E-state index in [-0.39, 0.29) is 24.8 Å². The summed E-state index contributed by atoms with van der Waals surface area (Å²) < 4.78 is 1.49. The molecule has 3 aliphatic rings. The number of allylic oxidation sites excluding steroid dienone is 3. The van der Waals surface area contributed by atoms with E-state index in [2.05, 4.69) is 93.7 Å². The Morgan fingerprint density at radius 3 is 2.44 bits per heavy atom. The molecule has 0 fully saturated rings. The Morgan fingerprint density at radius 2 is 1.69 bits per heavy atom. The zero-order chi connectivity index (χ0) is 23.4. The van der Waals surface area contributed by atoms with Crippen molar-refractivity contribution < 1.29 is 45.7 Å². The van der Waals surface area contributed by atoms with Crippen LogP contribution in [0.25, 0.3) is 22.4 Å². The third-order valence-electron chi connectivity index (χ3n) is 8.69. The minimum absolute atomic E-state index is 0. The second-order valence-electron chi connectivity index (χ2n) is 11.1. The Labute approximate surface area is 238 Å². The molecule has 3 aromatic carbocycles. The summed E-state index contributed by atoms with van der Waals surface area (Å²) in [5, 5.41) is 2.83. The summed E-state index contributed by atoms with van der Waals surface area (Å²) >= 11 is -1.88. The maximum Gasteiger partial charge on any atom is -1.00 e. The van der Waals surface area contributed by atoms with Gasteiger partial charge in [0.05, 0.1) is 0 Å². The van der Waals surface area contributed by atoms with Gasteiger partial charge >= 0.3 is 216 Å². The normalized spacial score (nSPS) is 19.9. The van der Waals surface area contributed by atoms with E-state index >= 15 is 0 Å². The van der Waals surface area contributed by atoms with Crippen LogP contribution in [0, 0.1) is 5.92 Å².